The maximum absolute atomic E-state index is 11.5. The molecule has 0 fully saturated rings. The third-order valence-electron chi connectivity index (χ3n) is 2.63. The summed E-state index contributed by atoms with van der Waals surface area (Å²) in [5.41, 5.74) is 6.78. The second-order valence-corrected chi connectivity index (χ2v) is 4.31. The Kier molecular flexibility index (Phi) is 7.54. The summed E-state index contributed by atoms with van der Waals surface area (Å²) in [5, 5.41) is 2.77. The third kappa shape index (κ3) is 6.74. The van der Waals surface area contributed by atoms with Crippen LogP contribution in [0.1, 0.15) is 18.4 Å². The molecule has 0 aromatic heterocycles. The lowest BCUT2D eigenvalue weighted by atomic mass is 10.2. The molecular weight excluding hydrogens is 240 g/mol. The number of rotatable bonds is 9. The van der Waals surface area contributed by atoms with Gasteiger partial charge in [0.1, 0.15) is 0 Å². The highest BCUT2D eigenvalue weighted by atomic mass is 16.5. The highest BCUT2D eigenvalue weighted by molar-refractivity contribution is 5.81. The second-order valence-electron chi connectivity index (χ2n) is 4.31. The molecule has 0 bridgehead atoms. The molecule has 0 aliphatic heterocycles. The molecule has 1 aromatic rings. The van der Waals surface area contributed by atoms with Crippen LogP contribution in [0.2, 0.25) is 0 Å². The van der Waals surface area contributed by atoms with Gasteiger partial charge >= 0.3 is 0 Å². The number of nitrogens with two attached hydrogens (primary N) is 1. The molecule has 1 aromatic carbocycles. The van der Waals surface area contributed by atoms with Gasteiger partial charge in [-0.1, -0.05) is 36.4 Å². The summed E-state index contributed by atoms with van der Waals surface area (Å²) < 4.78 is 5.51. The number of nitrogens with one attached hydrogen (secondary N) is 1. The zero-order chi connectivity index (χ0) is 13.9. The molecule has 0 spiro atoms. The van der Waals surface area contributed by atoms with Gasteiger partial charge in [0.2, 0.25) is 5.91 Å². The Bertz CT molecular complexity index is 379. The number of ether oxygens (including phenoxy) is 1. The Morgan fingerprint density at radius 2 is 2.16 bits per heavy atom. The molecule has 4 nitrogen and oxygen atoms in total. The van der Waals surface area contributed by atoms with E-state index in [9.17, 15) is 4.79 Å². The lowest BCUT2D eigenvalue weighted by Gasteiger charge is -2.10. The van der Waals surface area contributed by atoms with E-state index in [0.29, 0.717) is 26.2 Å². The molecule has 0 radical (unpaired) electrons. The van der Waals surface area contributed by atoms with Crippen LogP contribution < -0.4 is 11.1 Å². The van der Waals surface area contributed by atoms with Gasteiger partial charge in [-0.25, -0.2) is 0 Å². The Labute approximate surface area is 114 Å². The van der Waals surface area contributed by atoms with E-state index in [4.69, 9.17) is 10.5 Å². The predicted molar refractivity (Wildman–Crippen MR) is 76.5 cm³/mol. The number of amides is 1. The van der Waals surface area contributed by atoms with Crippen molar-refractivity contribution in [1.29, 1.82) is 0 Å². The monoisotopic (exact) mass is 262 g/mol. The SMILES string of the molecule is C=CCC(N)C(=O)NCCCOCc1ccccc1. The van der Waals surface area contributed by atoms with E-state index >= 15 is 0 Å². The van der Waals surface area contributed by atoms with Crippen LogP contribution in [0.25, 0.3) is 0 Å². The molecule has 4 heteroatoms. The van der Waals surface area contributed by atoms with Crippen molar-refractivity contribution in [3.05, 3.63) is 48.6 Å². The predicted octanol–water partition coefficient (Wildman–Crippen LogP) is 1.61. The van der Waals surface area contributed by atoms with E-state index in [1.807, 2.05) is 30.3 Å². The van der Waals surface area contributed by atoms with Gasteiger partial charge in [0.15, 0.2) is 0 Å². The standard InChI is InChI=1S/C15H22N2O2/c1-2-7-14(16)15(18)17-10-6-11-19-12-13-8-4-3-5-9-13/h2-5,8-9,14H,1,6-7,10-12,16H2,(H,17,18). The summed E-state index contributed by atoms with van der Waals surface area (Å²) in [5.74, 6) is -0.136. The van der Waals surface area contributed by atoms with E-state index in [0.717, 1.165) is 12.0 Å². The van der Waals surface area contributed by atoms with Gasteiger partial charge in [-0.3, -0.25) is 4.79 Å². The van der Waals surface area contributed by atoms with Crippen LogP contribution in [-0.4, -0.2) is 25.1 Å². The van der Waals surface area contributed by atoms with Crippen molar-refractivity contribution in [3.63, 3.8) is 0 Å². The van der Waals surface area contributed by atoms with Gasteiger partial charge < -0.3 is 15.8 Å². The maximum Gasteiger partial charge on any atom is 0.237 e. The molecule has 0 aliphatic carbocycles. The first-order valence-electron chi connectivity index (χ1n) is 6.50. The van der Waals surface area contributed by atoms with Crippen LogP contribution in [-0.2, 0) is 16.1 Å². The summed E-state index contributed by atoms with van der Waals surface area (Å²) in [6, 6.07) is 9.50. The van der Waals surface area contributed by atoms with Crippen molar-refractivity contribution >= 4 is 5.91 Å². The zero-order valence-corrected chi connectivity index (χ0v) is 11.2. The van der Waals surface area contributed by atoms with Gasteiger partial charge in [-0.15, -0.1) is 6.58 Å². The molecule has 1 unspecified atom stereocenters. The van der Waals surface area contributed by atoms with Crippen LogP contribution in [0.4, 0.5) is 0 Å². The van der Waals surface area contributed by atoms with E-state index in [1.165, 1.54) is 0 Å². The summed E-state index contributed by atoms with van der Waals surface area (Å²) in [6.45, 7) is 5.35. The first-order valence-corrected chi connectivity index (χ1v) is 6.50. The molecule has 0 saturated carbocycles. The molecule has 104 valence electrons. The maximum atomic E-state index is 11.5. The van der Waals surface area contributed by atoms with Gasteiger partial charge in [0, 0.05) is 13.2 Å². The number of hydrogen-bond donors (Lipinski definition) is 2. The molecule has 0 saturated heterocycles. The Hall–Kier alpha value is -1.65. The van der Waals surface area contributed by atoms with Crippen molar-refractivity contribution in [1.82, 2.24) is 5.32 Å². The molecule has 1 atom stereocenters. The topological polar surface area (TPSA) is 64.4 Å². The molecule has 19 heavy (non-hydrogen) atoms. The normalized spacial score (nSPS) is 11.8. The Morgan fingerprint density at radius 3 is 2.84 bits per heavy atom. The fraction of sp³-hybridized carbons (Fsp3) is 0.400. The average molecular weight is 262 g/mol. The molecule has 1 amide bonds. The van der Waals surface area contributed by atoms with Crippen molar-refractivity contribution in [3.8, 4) is 0 Å². The highest BCUT2D eigenvalue weighted by Gasteiger charge is 2.09. The quantitative estimate of drug-likeness (QED) is 0.525. The van der Waals surface area contributed by atoms with Crippen molar-refractivity contribution in [2.75, 3.05) is 13.2 Å². The number of carbonyl (C=O) groups is 1. The Balaban J connectivity index is 2.02. The van der Waals surface area contributed by atoms with E-state index in [1.54, 1.807) is 6.08 Å². The summed E-state index contributed by atoms with van der Waals surface area (Å²) in [7, 11) is 0. The zero-order valence-electron chi connectivity index (χ0n) is 11.2. The van der Waals surface area contributed by atoms with Crippen LogP contribution in [0.5, 0.6) is 0 Å². The first kappa shape index (κ1) is 15.4. The van der Waals surface area contributed by atoms with Crippen molar-refractivity contribution in [2.24, 2.45) is 5.73 Å². The van der Waals surface area contributed by atoms with Gasteiger partial charge in [0.05, 0.1) is 12.6 Å². The molecule has 0 heterocycles. The first-order chi connectivity index (χ1) is 9.24. The van der Waals surface area contributed by atoms with Crippen LogP contribution >= 0.6 is 0 Å². The van der Waals surface area contributed by atoms with Gasteiger partial charge in [0.25, 0.3) is 0 Å². The smallest absolute Gasteiger partial charge is 0.237 e. The van der Waals surface area contributed by atoms with Gasteiger partial charge in [-0.05, 0) is 18.4 Å². The van der Waals surface area contributed by atoms with E-state index in [-0.39, 0.29) is 5.91 Å². The average Bonchev–Trinajstić information content (AvgIpc) is 2.43. The lowest BCUT2D eigenvalue weighted by molar-refractivity contribution is -0.122. The minimum atomic E-state index is -0.497. The Morgan fingerprint density at radius 1 is 1.42 bits per heavy atom. The number of hydrogen-bond acceptors (Lipinski definition) is 3. The minimum Gasteiger partial charge on any atom is -0.377 e. The van der Waals surface area contributed by atoms with E-state index < -0.39 is 6.04 Å². The number of carbonyl (C=O) groups excluding carboxylic acids is 1. The van der Waals surface area contributed by atoms with Crippen molar-refractivity contribution < 1.29 is 9.53 Å². The highest BCUT2D eigenvalue weighted by Crippen LogP contribution is 2.00. The molecule has 3 N–H and O–H groups in total. The number of benzene rings is 1. The molecule has 0 aliphatic rings. The largest absolute Gasteiger partial charge is 0.377 e. The summed E-state index contributed by atoms with van der Waals surface area (Å²) in [4.78, 5) is 11.5. The van der Waals surface area contributed by atoms with Crippen molar-refractivity contribution in [2.45, 2.75) is 25.5 Å². The van der Waals surface area contributed by atoms with Gasteiger partial charge in [-0.2, -0.15) is 0 Å². The second kappa shape index (κ2) is 9.30. The fourth-order valence-corrected chi connectivity index (χ4v) is 1.57. The lowest BCUT2D eigenvalue weighted by Crippen LogP contribution is -2.40. The van der Waals surface area contributed by atoms with Crippen LogP contribution in [0.3, 0.4) is 0 Å². The molecular formula is C15H22N2O2. The van der Waals surface area contributed by atoms with E-state index in [2.05, 4.69) is 11.9 Å². The fourth-order valence-electron chi connectivity index (χ4n) is 1.57. The third-order valence-corrected chi connectivity index (χ3v) is 2.63. The molecule has 1 rings (SSSR count). The summed E-state index contributed by atoms with van der Waals surface area (Å²) in [6.07, 6.45) is 2.92. The van der Waals surface area contributed by atoms with Crippen LogP contribution in [0.15, 0.2) is 43.0 Å². The van der Waals surface area contributed by atoms with Crippen LogP contribution in [0, 0.1) is 0 Å². The minimum absolute atomic E-state index is 0.136. The summed E-state index contributed by atoms with van der Waals surface area (Å²) >= 11 is 0.